The molecule has 34 heavy (non-hydrogen) atoms. The quantitative estimate of drug-likeness (QED) is 0.335. The Morgan fingerprint density at radius 3 is 2.24 bits per heavy atom. The van der Waals surface area contributed by atoms with Crippen molar-refractivity contribution in [2.45, 2.75) is 38.0 Å². The van der Waals surface area contributed by atoms with Gasteiger partial charge in [-0.25, -0.2) is 8.42 Å². The second-order valence-electron chi connectivity index (χ2n) is 9.24. The lowest BCUT2D eigenvalue weighted by Crippen LogP contribution is -2.23. The number of carbonyl (C=O) groups excluding carboxylic acids is 1. The molecular weight excluding hydrogens is 446 g/mol. The van der Waals surface area contributed by atoms with E-state index < -0.39 is 10.0 Å². The number of carbonyl (C=O) groups is 1. The maximum atomic E-state index is 13.1. The molecular formula is C27H29N3O3S. The van der Waals surface area contributed by atoms with Gasteiger partial charge in [0.05, 0.1) is 4.90 Å². The highest BCUT2D eigenvalue weighted by Crippen LogP contribution is 2.34. The Labute approximate surface area is 200 Å². The van der Waals surface area contributed by atoms with Crippen LogP contribution in [0.15, 0.2) is 77.7 Å². The highest BCUT2D eigenvalue weighted by Gasteiger charge is 2.21. The molecule has 0 saturated carbocycles. The molecule has 3 N–H and O–H groups in total. The van der Waals surface area contributed by atoms with Crippen LogP contribution in [0.4, 0.5) is 5.69 Å². The number of rotatable bonds is 6. The minimum atomic E-state index is -3.78. The Morgan fingerprint density at radius 1 is 0.941 bits per heavy atom. The van der Waals surface area contributed by atoms with E-state index in [0.717, 1.165) is 27.6 Å². The summed E-state index contributed by atoms with van der Waals surface area (Å²) in [5, 5.41) is 3.60. The Hall–Kier alpha value is -3.58. The fourth-order valence-corrected chi connectivity index (χ4v) is 4.98. The smallest absolute Gasteiger partial charge is 0.268 e. The van der Waals surface area contributed by atoms with Gasteiger partial charge in [-0.3, -0.25) is 9.52 Å². The summed E-state index contributed by atoms with van der Waals surface area (Å²) in [6, 6.07) is 21.8. The molecule has 6 nitrogen and oxygen atoms in total. The van der Waals surface area contributed by atoms with E-state index in [1.54, 1.807) is 30.3 Å². The predicted molar refractivity (Wildman–Crippen MR) is 138 cm³/mol. The van der Waals surface area contributed by atoms with Gasteiger partial charge in [-0.1, -0.05) is 63.2 Å². The number of fused-ring (bicyclic) bond motifs is 1. The van der Waals surface area contributed by atoms with Crippen LogP contribution in [0.25, 0.3) is 22.0 Å². The number of benzene rings is 3. The van der Waals surface area contributed by atoms with Crippen LogP contribution in [0, 0.1) is 0 Å². The van der Waals surface area contributed by atoms with Crippen LogP contribution in [-0.2, 0) is 15.4 Å². The van der Waals surface area contributed by atoms with Gasteiger partial charge in [0.1, 0.15) is 5.69 Å². The van der Waals surface area contributed by atoms with Crippen molar-refractivity contribution in [1.29, 1.82) is 0 Å². The second-order valence-corrected chi connectivity index (χ2v) is 10.9. The molecule has 1 aromatic heterocycles. The van der Waals surface area contributed by atoms with E-state index in [9.17, 15) is 13.2 Å². The average molecular weight is 476 g/mol. The first-order valence-corrected chi connectivity index (χ1v) is 12.7. The predicted octanol–water partition coefficient (Wildman–Crippen LogP) is 5.68. The van der Waals surface area contributed by atoms with Gasteiger partial charge in [0, 0.05) is 28.7 Å². The standard InChI is InChI=1S/C27H29N3O3S/c1-5-28-26(31)25-24(18-9-7-6-8-10-18)22-17-20(13-16-23(22)29-25)30-34(32,33)21-14-11-19(12-15-21)27(2,3)4/h6-17,29-30H,5H2,1-4H3,(H,28,31). The normalized spacial score (nSPS) is 12.0. The Bertz CT molecular complexity index is 1430. The van der Waals surface area contributed by atoms with Gasteiger partial charge in [0.2, 0.25) is 0 Å². The van der Waals surface area contributed by atoms with Crippen molar-refractivity contribution < 1.29 is 13.2 Å². The average Bonchev–Trinajstić information content (AvgIpc) is 3.18. The SMILES string of the molecule is CCNC(=O)c1[nH]c2ccc(NS(=O)(=O)c3ccc(C(C)(C)C)cc3)cc2c1-c1ccccc1. The van der Waals surface area contributed by atoms with Gasteiger partial charge in [0.25, 0.3) is 15.9 Å². The zero-order chi connectivity index (χ0) is 24.5. The molecule has 0 spiro atoms. The number of aromatic nitrogens is 1. The molecule has 0 fully saturated rings. The fraction of sp³-hybridized carbons (Fsp3) is 0.222. The molecule has 1 heterocycles. The lowest BCUT2D eigenvalue weighted by molar-refractivity contribution is 0.0952. The molecule has 7 heteroatoms. The first-order chi connectivity index (χ1) is 16.1. The van der Waals surface area contributed by atoms with E-state index in [4.69, 9.17) is 0 Å². The largest absolute Gasteiger partial charge is 0.351 e. The zero-order valence-electron chi connectivity index (χ0n) is 19.8. The minimum absolute atomic E-state index is 0.0648. The van der Waals surface area contributed by atoms with Crippen molar-refractivity contribution in [3.05, 3.63) is 84.1 Å². The number of sulfonamides is 1. The summed E-state index contributed by atoms with van der Waals surface area (Å²) >= 11 is 0. The molecule has 1 amide bonds. The van der Waals surface area contributed by atoms with Crippen molar-refractivity contribution in [3.63, 3.8) is 0 Å². The summed E-state index contributed by atoms with van der Waals surface area (Å²) in [5.74, 6) is -0.210. The monoisotopic (exact) mass is 475 g/mol. The van der Waals surface area contributed by atoms with Crippen molar-refractivity contribution in [1.82, 2.24) is 10.3 Å². The molecule has 4 rings (SSSR count). The maximum absolute atomic E-state index is 13.1. The van der Waals surface area contributed by atoms with Crippen LogP contribution in [0.2, 0.25) is 0 Å². The van der Waals surface area contributed by atoms with Gasteiger partial charge in [0.15, 0.2) is 0 Å². The minimum Gasteiger partial charge on any atom is -0.351 e. The van der Waals surface area contributed by atoms with Gasteiger partial charge >= 0.3 is 0 Å². The van der Waals surface area contributed by atoms with Gasteiger partial charge < -0.3 is 10.3 Å². The Morgan fingerprint density at radius 2 is 1.62 bits per heavy atom. The van der Waals surface area contributed by atoms with Gasteiger partial charge in [-0.2, -0.15) is 0 Å². The third kappa shape index (κ3) is 4.70. The van der Waals surface area contributed by atoms with Crippen molar-refractivity contribution in [2.24, 2.45) is 0 Å². The van der Waals surface area contributed by atoms with Crippen molar-refractivity contribution in [3.8, 4) is 11.1 Å². The molecule has 4 aromatic rings. The van der Waals surface area contributed by atoms with Crippen LogP contribution in [0.5, 0.6) is 0 Å². The summed E-state index contributed by atoms with van der Waals surface area (Å²) in [7, 11) is -3.78. The molecule has 0 atom stereocenters. The summed E-state index contributed by atoms with van der Waals surface area (Å²) in [4.78, 5) is 16.1. The van der Waals surface area contributed by atoms with Gasteiger partial charge in [-0.15, -0.1) is 0 Å². The number of nitrogens with one attached hydrogen (secondary N) is 3. The topological polar surface area (TPSA) is 91.1 Å². The molecule has 176 valence electrons. The van der Waals surface area contributed by atoms with Crippen LogP contribution in [0.1, 0.15) is 43.7 Å². The van der Waals surface area contributed by atoms with E-state index in [-0.39, 0.29) is 16.2 Å². The van der Waals surface area contributed by atoms with Crippen LogP contribution < -0.4 is 10.0 Å². The Balaban J connectivity index is 1.75. The third-order valence-corrected chi connectivity index (χ3v) is 7.11. The molecule has 0 aliphatic heterocycles. The molecule has 3 aromatic carbocycles. The molecule has 0 unspecified atom stereocenters. The molecule has 0 bridgehead atoms. The van der Waals surface area contributed by atoms with E-state index in [1.807, 2.05) is 49.4 Å². The number of amides is 1. The summed E-state index contributed by atoms with van der Waals surface area (Å²) in [5.41, 5.74) is 4.21. The molecule has 0 radical (unpaired) electrons. The molecule has 0 aliphatic carbocycles. The highest BCUT2D eigenvalue weighted by molar-refractivity contribution is 7.92. The summed E-state index contributed by atoms with van der Waals surface area (Å²) in [6.45, 7) is 8.62. The number of hydrogen-bond donors (Lipinski definition) is 3. The van der Waals surface area contributed by atoms with E-state index in [2.05, 4.69) is 35.8 Å². The maximum Gasteiger partial charge on any atom is 0.268 e. The molecule has 0 saturated heterocycles. The fourth-order valence-electron chi connectivity index (χ4n) is 3.93. The van der Waals surface area contributed by atoms with Gasteiger partial charge in [-0.05, 0) is 53.8 Å². The number of aromatic amines is 1. The van der Waals surface area contributed by atoms with E-state index >= 15 is 0 Å². The van der Waals surface area contributed by atoms with Crippen molar-refractivity contribution >= 4 is 32.5 Å². The van der Waals surface area contributed by atoms with Crippen LogP contribution >= 0.6 is 0 Å². The van der Waals surface area contributed by atoms with Crippen LogP contribution in [-0.4, -0.2) is 25.9 Å². The highest BCUT2D eigenvalue weighted by atomic mass is 32.2. The lowest BCUT2D eigenvalue weighted by Gasteiger charge is -2.19. The third-order valence-electron chi connectivity index (χ3n) is 5.71. The first-order valence-electron chi connectivity index (χ1n) is 11.2. The Kier molecular flexibility index (Phi) is 6.23. The first kappa shape index (κ1) is 23.6. The zero-order valence-corrected chi connectivity index (χ0v) is 20.6. The van der Waals surface area contributed by atoms with Crippen LogP contribution in [0.3, 0.4) is 0 Å². The second kappa shape index (κ2) is 8.99. The number of H-pyrrole nitrogens is 1. The lowest BCUT2D eigenvalue weighted by atomic mass is 9.87. The van der Waals surface area contributed by atoms with E-state index in [1.165, 1.54) is 0 Å². The summed E-state index contributed by atoms with van der Waals surface area (Å²) < 4.78 is 28.8. The van der Waals surface area contributed by atoms with Crippen molar-refractivity contribution in [2.75, 3.05) is 11.3 Å². The number of hydrogen-bond acceptors (Lipinski definition) is 3. The van der Waals surface area contributed by atoms with E-state index in [0.29, 0.717) is 17.9 Å². The number of anilines is 1. The summed E-state index contributed by atoms with van der Waals surface area (Å²) in [6.07, 6.45) is 0. The molecule has 0 aliphatic rings.